The molecule has 0 bridgehead atoms. The van der Waals surface area contributed by atoms with Crippen molar-refractivity contribution < 1.29 is 22.7 Å². The standard InChI is InChI=1S/C17H14ClF3N6O2S/c1-2-29-13-6-4-3-5-12(13)27-16(24-25-26-27)30-9-14(28)23-15-11(18)7-10(8-22-15)17(19,20)21/h3-8H,2,9H2,1H3,(H,22,23,28). The lowest BCUT2D eigenvalue weighted by atomic mass is 10.3. The molecule has 1 aromatic carbocycles. The summed E-state index contributed by atoms with van der Waals surface area (Å²) in [5.74, 6) is -0.270. The van der Waals surface area contributed by atoms with E-state index in [-0.39, 0.29) is 16.6 Å². The average Bonchev–Trinajstić information content (AvgIpc) is 3.16. The van der Waals surface area contributed by atoms with Gasteiger partial charge in [-0.2, -0.15) is 17.9 Å². The lowest BCUT2D eigenvalue weighted by molar-refractivity contribution is -0.137. The van der Waals surface area contributed by atoms with Crippen LogP contribution in [0, 0.1) is 0 Å². The molecule has 2 aromatic heterocycles. The number of hydrogen-bond donors (Lipinski definition) is 1. The number of nitrogens with one attached hydrogen (secondary N) is 1. The number of benzene rings is 1. The van der Waals surface area contributed by atoms with E-state index in [0.717, 1.165) is 11.8 Å². The van der Waals surface area contributed by atoms with Gasteiger partial charge < -0.3 is 10.1 Å². The van der Waals surface area contributed by atoms with Crippen molar-refractivity contribution in [2.24, 2.45) is 0 Å². The summed E-state index contributed by atoms with van der Waals surface area (Å²) in [4.78, 5) is 15.8. The topological polar surface area (TPSA) is 94.8 Å². The average molecular weight is 459 g/mol. The van der Waals surface area contributed by atoms with Crippen molar-refractivity contribution in [3.8, 4) is 11.4 Å². The highest BCUT2D eigenvalue weighted by molar-refractivity contribution is 7.99. The van der Waals surface area contributed by atoms with Crippen molar-refractivity contribution in [2.75, 3.05) is 17.7 Å². The van der Waals surface area contributed by atoms with Crippen LogP contribution in [0.4, 0.5) is 19.0 Å². The first-order valence-corrected chi connectivity index (χ1v) is 9.82. The highest BCUT2D eigenvalue weighted by atomic mass is 35.5. The predicted molar refractivity (Wildman–Crippen MR) is 104 cm³/mol. The molecule has 0 aliphatic heterocycles. The molecule has 0 saturated heterocycles. The molecule has 0 aliphatic rings. The Balaban J connectivity index is 1.68. The lowest BCUT2D eigenvalue weighted by Gasteiger charge is -2.11. The molecule has 13 heteroatoms. The summed E-state index contributed by atoms with van der Waals surface area (Å²) < 4.78 is 45.0. The second-order valence-electron chi connectivity index (χ2n) is 5.66. The zero-order chi connectivity index (χ0) is 21.7. The van der Waals surface area contributed by atoms with Crippen LogP contribution in [0.1, 0.15) is 12.5 Å². The lowest BCUT2D eigenvalue weighted by Crippen LogP contribution is -2.16. The number of pyridine rings is 1. The number of amides is 1. The number of hydrogen-bond acceptors (Lipinski definition) is 7. The maximum Gasteiger partial charge on any atom is 0.417 e. The molecule has 0 fully saturated rings. The van der Waals surface area contributed by atoms with Crippen molar-refractivity contribution in [1.82, 2.24) is 25.2 Å². The number of ether oxygens (including phenoxy) is 1. The molecule has 0 aliphatic carbocycles. The second kappa shape index (κ2) is 9.30. The second-order valence-corrected chi connectivity index (χ2v) is 7.01. The Morgan fingerprint density at radius 1 is 1.33 bits per heavy atom. The van der Waals surface area contributed by atoms with Crippen LogP contribution in [0.5, 0.6) is 5.75 Å². The van der Waals surface area contributed by atoms with Crippen LogP contribution in [-0.4, -0.2) is 43.5 Å². The molecule has 3 rings (SSSR count). The van der Waals surface area contributed by atoms with Crippen molar-refractivity contribution >= 4 is 35.1 Å². The molecule has 3 aromatic rings. The maximum absolute atomic E-state index is 12.7. The summed E-state index contributed by atoms with van der Waals surface area (Å²) >= 11 is 6.82. The Morgan fingerprint density at radius 2 is 2.10 bits per heavy atom. The van der Waals surface area contributed by atoms with Gasteiger partial charge in [-0.15, -0.1) is 5.10 Å². The third-order valence-corrected chi connectivity index (χ3v) is 4.80. The number of alkyl halides is 3. The summed E-state index contributed by atoms with van der Waals surface area (Å²) in [5.41, 5.74) is -0.410. The quantitative estimate of drug-likeness (QED) is 0.537. The van der Waals surface area contributed by atoms with E-state index in [4.69, 9.17) is 16.3 Å². The molecule has 0 saturated carbocycles. The Bertz CT molecular complexity index is 1050. The number of carbonyl (C=O) groups is 1. The smallest absolute Gasteiger partial charge is 0.417 e. The number of aromatic nitrogens is 5. The van der Waals surface area contributed by atoms with Crippen molar-refractivity contribution in [2.45, 2.75) is 18.3 Å². The zero-order valence-electron chi connectivity index (χ0n) is 15.4. The Morgan fingerprint density at radius 3 is 2.80 bits per heavy atom. The van der Waals surface area contributed by atoms with Gasteiger partial charge in [0.1, 0.15) is 11.4 Å². The van der Waals surface area contributed by atoms with Gasteiger partial charge in [0, 0.05) is 6.20 Å². The van der Waals surface area contributed by atoms with Crippen molar-refractivity contribution in [3.63, 3.8) is 0 Å². The van der Waals surface area contributed by atoms with E-state index in [0.29, 0.717) is 35.5 Å². The molecular weight excluding hydrogens is 445 g/mol. The number of carbonyl (C=O) groups excluding carboxylic acids is 1. The highest BCUT2D eigenvalue weighted by Crippen LogP contribution is 2.32. The SMILES string of the molecule is CCOc1ccccc1-n1nnnc1SCC(=O)Nc1ncc(C(F)(F)F)cc1Cl. The van der Waals surface area contributed by atoms with E-state index < -0.39 is 17.6 Å². The van der Waals surface area contributed by atoms with Crippen LogP contribution in [0.15, 0.2) is 41.7 Å². The number of thioether (sulfide) groups is 1. The van der Waals surface area contributed by atoms with Gasteiger partial charge in [-0.3, -0.25) is 4.79 Å². The van der Waals surface area contributed by atoms with Gasteiger partial charge >= 0.3 is 6.18 Å². The van der Waals surface area contributed by atoms with Crippen LogP contribution >= 0.6 is 23.4 Å². The normalized spacial score (nSPS) is 11.4. The summed E-state index contributed by atoms with van der Waals surface area (Å²) in [7, 11) is 0. The van der Waals surface area contributed by atoms with Crippen LogP contribution in [-0.2, 0) is 11.0 Å². The van der Waals surface area contributed by atoms with Gasteiger partial charge in [0.05, 0.1) is 22.9 Å². The van der Waals surface area contributed by atoms with Crippen LogP contribution in [0.2, 0.25) is 5.02 Å². The predicted octanol–water partition coefficient (Wildman–Crippen LogP) is 3.86. The van der Waals surface area contributed by atoms with Gasteiger partial charge in [-0.25, -0.2) is 4.98 Å². The zero-order valence-corrected chi connectivity index (χ0v) is 16.9. The van der Waals surface area contributed by atoms with E-state index in [9.17, 15) is 18.0 Å². The van der Waals surface area contributed by atoms with Gasteiger partial charge in [0.25, 0.3) is 0 Å². The highest BCUT2D eigenvalue weighted by Gasteiger charge is 2.31. The maximum atomic E-state index is 12.7. The minimum atomic E-state index is -4.58. The molecule has 1 N–H and O–H groups in total. The summed E-state index contributed by atoms with van der Waals surface area (Å²) in [6, 6.07) is 7.82. The number of tetrazole rings is 1. The monoisotopic (exact) mass is 458 g/mol. The van der Waals surface area contributed by atoms with E-state index >= 15 is 0 Å². The van der Waals surface area contributed by atoms with Crippen LogP contribution < -0.4 is 10.1 Å². The molecule has 2 heterocycles. The summed E-state index contributed by atoms with van der Waals surface area (Å²) in [6.07, 6.45) is -3.98. The molecule has 8 nitrogen and oxygen atoms in total. The first-order chi connectivity index (χ1) is 14.3. The molecule has 0 radical (unpaired) electrons. The fourth-order valence-corrected chi connectivity index (χ4v) is 3.21. The van der Waals surface area contributed by atoms with Crippen LogP contribution in [0.25, 0.3) is 5.69 Å². The third kappa shape index (κ3) is 5.19. The number of halogens is 4. The van der Waals surface area contributed by atoms with Gasteiger partial charge in [0.15, 0.2) is 5.82 Å². The minimum absolute atomic E-state index is 0.129. The van der Waals surface area contributed by atoms with Gasteiger partial charge in [-0.1, -0.05) is 35.5 Å². The summed E-state index contributed by atoms with van der Waals surface area (Å²) in [6.45, 7) is 2.29. The molecule has 0 atom stereocenters. The number of anilines is 1. The minimum Gasteiger partial charge on any atom is -0.492 e. The number of rotatable bonds is 7. The Hall–Kier alpha value is -2.86. The fourth-order valence-electron chi connectivity index (χ4n) is 2.31. The molecule has 0 unspecified atom stereocenters. The fraction of sp³-hybridized carbons (Fsp3) is 0.235. The number of para-hydroxylation sites is 2. The molecular formula is C17H14ClF3N6O2S. The Labute approximate surface area is 177 Å². The summed E-state index contributed by atoms with van der Waals surface area (Å²) in [5, 5.41) is 13.8. The largest absolute Gasteiger partial charge is 0.492 e. The van der Waals surface area contributed by atoms with E-state index in [2.05, 4.69) is 25.8 Å². The third-order valence-electron chi connectivity index (χ3n) is 3.59. The van der Waals surface area contributed by atoms with E-state index in [1.165, 1.54) is 4.68 Å². The first kappa shape index (κ1) is 21.8. The van der Waals surface area contributed by atoms with Gasteiger partial charge in [0.2, 0.25) is 11.1 Å². The Kier molecular flexibility index (Phi) is 6.77. The molecule has 1 amide bonds. The van der Waals surface area contributed by atoms with Gasteiger partial charge in [-0.05, 0) is 35.5 Å². The van der Waals surface area contributed by atoms with Crippen molar-refractivity contribution in [1.29, 1.82) is 0 Å². The van der Waals surface area contributed by atoms with Crippen LogP contribution in [0.3, 0.4) is 0 Å². The molecule has 0 spiro atoms. The van der Waals surface area contributed by atoms with E-state index in [1.807, 2.05) is 6.92 Å². The van der Waals surface area contributed by atoms with Crippen molar-refractivity contribution in [3.05, 3.63) is 47.1 Å². The molecule has 158 valence electrons. The molecule has 30 heavy (non-hydrogen) atoms. The first-order valence-electron chi connectivity index (χ1n) is 8.45. The van der Waals surface area contributed by atoms with E-state index in [1.54, 1.807) is 24.3 Å². The number of nitrogens with zero attached hydrogens (tertiary/aromatic N) is 5.